The predicted octanol–water partition coefficient (Wildman–Crippen LogP) is 8.66. The maximum atomic E-state index is 4.26. The maximum absolute atomic E-state index is 4.26. The van der Waals surface area contributed by atoms with Crippen molar-refractivity contribution in [3.63, 3.8) is 0 Å². The summed E-state index contributed by atoms with van der Waals surface area (Å²) in [5.41, 5.74) is 7.43. The fourth-order valence-electron chi connectivity index (χ4n) is 4.03. The molecule has 0 amide bonds. The van der Waals surface area contributed by atoms with E-state index >= 15 is 0 Å². The van der Waals surface area contributed by atoms with Crippen molar-refractivity contribution < 1.29 is 0 Å². The average molecular weight is 522 g/mol. The topological polar surface area (TPSA) is 37.8 Å². The molecule has 0 spiro atoms. The summed E-state index contributed by atoms with van der Waals surface area (Å²) in [7, 11) is 0. The minimum absolute atomic E-state index is 0.0818. The first-order valence-electron chi connectivity index (χ1n) is 11.5. The molecule has 3 aromatic carbocycles. The molecule has 0 bridgehead atoms. The molecule has 1 N–H and O–H groups in total. The van der Waals surface area contributed by atoms with Crippen LogP contribution >= 0.6 is 15.9 Å². The zero-order valence-corrected chi connectivity index (χ0v) is 21.5. The summed E-state index contributed by atoms with van der Waals surface area (Å²) >= 11 is 3.40. The van der Waals surface area contributed by atoms with E-state index in [1.54, 1.807) is 18.6 Å². The first-order chi connectivity index (χ1) is 17.1. The molecule has 3 heterocycles. The second-order valence-corrected chi connectivity index (χ2v) is 9.50. The number of halogens is 1. The van der Waals surface area contributed by atoms with Crippen LogP contribution in [0.5, 0.6) is 0 Å². The molecule has 3 nitrogen and oxygen atoms in total. The Morgan fingerprint density at radius 3 is 1.63 bits per heavy atom. The average Bonchev–Trinajstić information content (AvgIpc) is 2.92. The Balaban J connectivity index is 0.000000136. The van der Waals surface area contributed by atoms with Gasteiger partial charge in [0.15, 0.2) is 0 Å². The number of aromatic nitrogens is 2. The monoisotopic (exact) mass is 521 g/mol. The molecule has 1 aliphatic heterocycles. The van der Waals surface area contributed by atoms with Crippen molar-refractivity contribution in [1.29, 1.82) is 0 Å². The largest absolute Gasteiger partial charge is 0.355 e. The predicted molar refractivity (Wildman–Crippen MR) is 150 cm³/mol. The van der Waals surface area contributed by atoms with Crippen LogP contribution in [0.3, 0.4) is 0 Å². The van der Waals surface area contributed by atoms with E-state index in [0.717, 1.165) is 15.7 Å². The molecule has 0 unspecified atom stereocenters. The Morgan fingerprint density at radius 2 is 1.14 bits per heavy atom. The van der Waals surface area contributed by atoms with Crippen molar-refractivity contribution in [3.8, 4) is 11.3 Å². The highest BCUT2D eigenvalue weighted by molar-refractivity contribution is 9.10. The number of hydrogen-bond acceptors (Lipinski definition) is 3. The Labute approximate surface area is 216 Å². The summed E-state index contributed by atoms with van der Waals surface area (Å²) in [4.78, 5) is 8.05. The van der Waals surface area contributed by atoms with Crippen LogP contribution in [0.2, 0.25) is 0 Å². The molecule has 174 valence electrons. The van der Waals surface area contributed by atoms with E-state index < -0.39 is 0 Å². The van der Waals surface area contributed by atoms with E-state index in [0.29, 0.717) is 0 Å². The minimum atomic E-state index is 0.0818. The summed E-state index contributed by atoms with van der Waals surface area (Å²) in [5, 5.41) is 3.50. The molecule has 6 rings (SSSR count). The van der Waals surface area contributed by atoms with E-state index in [1.165, 1.54) is 22.5 Å². The van der Waals surface area contributed by atoms with Crippen LogP contribution in [0.15, 0.2) is 132 Å². The van der Waals surface area contributed by atoms with Crippen molar-refractivity contribution in [3.05, 3.63) is 143 Å². The molecule has 2 aromatic heterocycles. The highest BCUT2D eigenvalue weighted by atomic mass is 79.9. The lowest BCUT2D eigenvalue weighted by Gasteiger charge is -2.35. The van der Waals surface area contributed by atoms with Crippen molar-refractivity contribution in [2.45, 2.75) is 19.3 Å². The summed E-state index contributed by atoms with van der Waals surface area (Å²) in [6.45, 7) is 4.57. The Morgan fingerprint density at radius 1 is 0.600 bits per heavy atom. The number of hydrogen-bond donors (Lipinski definition) is 1. The molecule has 0 aliphatic carbocycles. The van der Waals surface area contributed by atoms with Crippen LogP contribution in [0.4, 0.5) is 11.4 Å². The summed E-state index contributed by atoms with van der Waals surface area (Å²) in [6.07, 6.45) is 5.30. The number of nitrogens with one attached hydrogen (secondary N) is 1. The van der Waals surface area contributed by atoms with Crippen molar-refractivity contribution in [2.75, 3.05) is 5.32 Å². The molecular weight excluding hydrogens is 494 g/mol. The smallest absolute Gasteiger partial charge is 0.0701 e. The van der Waals surface area contributed by atoms with Gasteiger partial charge in [-0.1, -0.05) is 90.4 Å². The van der Waals surface area contributed by atoms with Gasteiger partial charge < -0.3 is 5.32 Å². The number of benzene rings is 3. The highest BCUT2D eigenvalue weighted by Crippen LogP contribution is 2.44. The van der Waals surface area contributed by atoms with Crippen molar-refractivity contribution in [2.24, 2.45) is 0 Å². The molecule has 4 heteroatoms. The van der Waals surface area contributed by atoms with Gasteiger partial charge in [-0.25, -0.2) is 0 Å². The first kappa shape index (κ1) is 24.4. The Hall–Kier alpha value is -3.76. The Bertz CT molecular complexity index is 1260. The van der Waals surface area contributed by atoms with Crippen LogP contribution in [-0.4, -0.2) is 9.97 Å². The zero-order valence-electron chi connectivity index (χ0n) is 19.9. The third-order valence-corrected chi connectivity index (χ3v) is 6.37. The van der Waals surface area contributed by atoms with E-state index in [2.05, 4.69) is 93.6 Å². The SMILES string of the molecule is Brc1ccc(-c2ccccn2)cc1.CC1(C)c2ccccc2Nc2ccccc21.c1ccncc1. The van der Waals surface area contributed by atoms with Gasteiger partial charge in [0.25, 0.3) is 0 Å². The minimum Gasteiger partial charge on any atom is -0.355 e. The van der Waals surface area contributed by atoms with Crippen LogP contribution < -0.4 is 5.32 Å². The number of rotatable bonds is 1. The van der Waals surface area contributed by atoms with Crippen LogP contribution in [0, 0.1) is 0 Å². The molecule has 0 atom stereocenters. The third-order valence-electron chi connectivity index (χ3n) is 5.84. The van der Waals surface area contributed by atoms with E-state index in [-0.39, 0.29) is 5.41 Å². The lowest BCUT2D eigenvalue weighted by molar-refractivity contribution is 0.638. The van der Waals surface area contributed by atoms with Gasteiger partial charge in [0.1, 0.15) is 0 Å². The lowest BCUT2D eigenvalue weighted by Crippen LogP contribution is -2.25. The molecular formula is C31H28BrN3. The van der Waals surface area contributed by atoms with Crippen molar-refractivity contribution in [1.82, 2.24) is 9.97 Å². The van der Waals surface area contributed by atoms with Crippen molar-refractivity contribution >= 4 is 27.3 Å². The van der Waals surface area contributed by atoms with Crippen LogP contribution in [-0.2, 0) is 5.41 Å². The normalized spacial score (nSPS) is 12.3. The van der Waals surface area contributed by atoms with E-state index in [4.69, 9.17) is 0 Å². The molecule has 5 aromatic rings. The maximum Gasteiger partial charge on any atom is 0.0701 e. The van der Waals surface area contributed by atoms with Gasteiger partial charge in [-0.3, -0.25) is 9.97 Å². The van der Waals surface area contributed by atoms with Gasteiger partial charge in [0, 0.05) is 45.4 Å². The standard InChI is InChI=1S/C15H15N.C11H8BrN.C5H5N/c1-15(2)11-7-3-5-9-13(11)16-14-10-6-4-8-12(14)15;12-10-6-4-9(5-7-10)11-3-1-2-8-13-11;1-2-4-6-5-3-1/h3-10,16H,1-2H3;1-8H;1-5H. The zero-order chi connectivity index (χ0) is 24.5. The van der Waals surface area contributed by atoms with E-state index in [1.807, 2.05) is 60.7 Å². The Kier molecular flexibility index (Phi) is 8.07. The highest BCUT2D eigenvalue weighted by Gasteiger charge is 2.31. The molecule has 0 saturated heterocycles. The van der Waals surface area contributed by atoms with Crippen LogP contribution in [0.25, 0.3) is 11.3 Å². The quantitative estimate of drug-likeness (QED) is 0.239. The fourth-order valence-corrected chi connectivity index (χ4v) is 4.30. The third kappa shape index (κ3) is 6.23. The van der Waals surface area contributed by atoms with Gasteiger partial charge in [0.05, 0.1) is 5.69 Å². The number of nitrogens with zero attached hydrogens (tertiary/aromatic N) is 2. The lowest BCUT2D eigenvalue weighted by atomic mass is 9.74. The molecule has 0 fully saturated rings. The molecule has 35 heavy (non-hydrogen) atoms. The second kappa shape index (κ2) is 11.6. The second-order valence-electron chi connectivity index (χ2n) is 8.59. The number of anilines is 2. The number of fused-ring (bicyclic) bond motifs is 2. The van der Waals surface area contributed by atoms with Crippen LogP contribution in [0.1, 0.15) is 25.0 Å². The van der Waals surface area contributed by atoms with Gasteiger partial charge in [-0.05, 0) is 59.7 Å². The summed E-state index contributed by atoms with van der Waals surface area (Å²) < 4.78 is 1.09. The van der Waals surface area contributed by atoms with Gasteiger partial charge in [-0.15, -0.1) is 0 Å². The van der Waals surface area contributed by atoms with E-state index in [9.17, 15) is 0 Å². The number of para-hydroxylation sites is 2. The molecule has 0 saturated carbocycles. The molecule has 1 aliphatic rings. The first-order valence-corrected chi connectivity index (χ1v) is 12.3. The molecule has 0 radical (unpaired) electrons. The summed E-state index contributed by atoms with van der Waals surface area (Å²) in [6, 6.07) is 36.8. The van der Waals surface area contributed by atoms with Gasteiger partial charge in [-0.2, -0.15) is 0 Å². The summed E-state index contributed by atoms with van der Waals surface area (Å²) in [5.74, 6) is 0. The van der Waals surface area contributed by atoms with Gasteiger partial charge >= 0.3 is 0 Å². The van der Waals surface area contributed by atoms with Gasteiger partial charge in [0.2, 0.25) is 0 Å². The fraction of sp³-hybridized carbons (Fsp3) is 0.0968. The number of pyridine rings is 2.